The minimum atomic E-state index is 0.651. The molecule has 0 aliphatic heterocycles. The Morgan fingerprint density at radius 3 is 2.94 bits per heavy atom. The van der Waals surface area contributed by atoms with Gasteiger partial charge in [-0.3, -0.25) is 0 Å². The summed E-state index contributed by atoms with van der Waals surface area (Å²) < 4.78 is 0. The van der Waals surface area contributed by atoms with Crippen LogP contribution >= 0.6 is 22.7 Å². The molecule has 0 unspecified atom stereocenters. The molecule has 0 radical (unpaired) electrons. The molecular weight excluding hydrogens is 260 g/mol. The average molecular weight is 272 g/mol. The molecular formula is C14H12N2S2. The van der Waals surface area contributed by atoms with E-state index in [9.17, 15) is 5.26 Å². The largest absolute Gasteiger partial charge is 0.240 e. The predicted molar refractivity (Wildman–Crippen MR) is 76.6 cm³/mol. The van der Waals surface area contributed by atoms with Crippen molar-refractivity contribution < 1.29 is 0 Å². The van der Waals surface area contributed by atoms with Crippen LogP contribution in [0.1, 0.15) is 39.9 Å². The molecule has 2 nitrogen and oxygen atoms in total. The van der Waals surface area contributed by atoms with Gasteiger partial charge in [-0.1, -0.05) is 0 Å². The highest BCUT2D eigenvalue weighted by Gasteiger charge is 2.26. The van der Waals surface area contributed by atoms with Crippen molar-refractivity contribution >= 4 is 34.3 Å². The van der Waals surface area contributed by atoms with Crippen LogP contribution in [0.2, 0.25) is 0 Å². The van der Waals surface area contributed by atoms with Crippen LogP contribution in [0.3, 0.4) is 0 Å². The number of nitriles is 1. The van der Waals surface area contributed by atoms with Crippen LogP contribution in [0.15, 0.2) is 16.8 Å². The van der Waals surface area contributed by atoms with Crippen molar-refractivity contribution in [1.29, 1.82) is 5.26 Å². The van der Waals surface area contributed by atoms with Gasteiger partial charge in [-0.05, 0) is 42.9 Å². The highest BCUT2D eigenvalue weighted by atomic mass is 32.1. The number of thiophene rings is 1. The second kappa shape index (κ2) is 4.68. The second-order valence-corrected chi connectivity index (χ2v) is 6.30. The summed E-state index contributed by atoms with van der Waals surface area (Å²) in [6.45, 7) is 2.06. The van der Waals surface area contributed by atoms with Gasteiger partial charge in [-0.15, -0.1) is 22.7 Å². The van der Waals surface area contributed by atoms with E-state index in [2.05, 4.69) is 29.4 Å². The topological polar surface area (TPSA) is 36.7 Å². The van der Waals surface area contributed by atoms with Crippen molar-refractivity contribution in [2.45, 2.75) is 25.7 Å². The summed E-state index contributed by atoms with van der Waals surface area (Å²) in [5, 5.41) is 14.3. The summed E-state index contributed by atoms with van der Waals surface area (Å²) in [5.74, 6) is 0.651. The van der Waals surface area contributed by atoms with Crippen LogP contribution in [-0.4, -0.2) is 4.98 Å². The van der Waals surface area contributed by atoms with Crippen molar-refractivity contribution in [3.63, 3.8) is 0 Å². The Morgan fingerprint density at radius 2 is 2.33 bits per heavy atom. The van der Waals surface area contributed by atoms with E-state index in [4.69, 9.17) is 0 Å². The minimum Gasteiger partial charge on any atom is -0.240 e. The lowest BCUT2D eigenvalue weighted by Gasteiger charge is -1.94. The molecule has 0 saturated heterocycles. The molecule has 0 N–H and O–H groups in total. The van der Waals surface area contributed by atoms with E-state index >= 15 is 0 Å². The first-order valence-corrected chi connectivity index (χ1v) is 7.65. The third-order valence-corrected chi connectivity index (χ3v) is 4.91. The second-order valence-electron chi connectivity index (χ2n) is 4.49. The van der Waals surface area contributed by atoms with Crippen molar-refractivity contribution in [2.24, 2.45) is 0 Å². The zero-order valence-electron chi connectivity index (χ0n) is 10.0. The van der Waals surface area contributed by atoms with Crippen molar-refractivity contribution in [1.82, 2.24) is 4.98 Å². The normalized spacial score (nSPS) is 15.7. The maximum Gasteiger partial charge on any atom is 0.134 e. The Kier molecular flexibility index (Phi) is 3.02. The number of aryl methyl sites for hydroxylation is 1. The fourth-order valence-electron chi connectivity index (χ4n) is 1.78. The summed E-state index contributed by atoms with van der Waals surface area (Å²) in [5.41, 5.74) is 3.06. The number of hydrogen-bond acceptors (Lipinski definition) is 4. The summed E-state index contributed by atoms with van der Waals surface area (Å²) in [6.07, 6.45) is 4.45. The summed E-state index contributed by atoms with van der Waals surface area (Å²) >= 11 is 3.24. The van der Waals surface area contributed by atoms with E-state index in [1.165, 1.54) is 24.1 Å². The molecule has 18 heavy (non-hydrogen) atoms. The van der Waals surface area contributed by atoms with E-state index in [-0.39, 0.29) is 0 Å². The standard InChI is InChI=1S/C14H12N2S2/c1-9-4-5-17-13(9)6-11(7-15)14-16-12(8-18-14)10-2-3-10/h4-6,8,10H,2-3H2,1H3/b11-6+. The van der Waals surface area contributed by atoms with Gasteiger partial charge in [0.1, 0.15) is 11.1 Å². The number of hydrogen-bond donors (Lipinski definition) is 0. The van der Waals surface area contributed by atoms with Gasteiger partial charge in [0.05, 0.1) is 11.3 Å². The van der Waals surface area contributed by atoms with E-state index in [0.29, 0.717) is 11.5 Å². The van der Waals surface area contributed by atoms with Crippen molar-refractivity contribution in [3.05, 3.63) is 38.0 Å². The lowest BCUT2D eigenvalue weighted by atomic mass is 10.2. The van der Waals surface area contributed by atoms with Crippen LogP contribution < -0.4 is 0 Å². The van der Waals surface area contributed by atoms with E-state index in [1.54, 1.807) is 22.7 Å². The lowest BCUT2D eigenvalue weighted by Crippen LogP contribution is -1.83. The molecule has 2 aromatic rings. The van der Waals surface area contributed by atoms with Gasteiger partial charge in [0.15, 0.2) is 0 Å². The van der Waals surface area contributed by atoms with Gasteiger partial charge in [0, 0.05) is 16.2 Å². The molecule has 1 aliphatic carbocycles. The highest BCUT2D eigenvalue weighted by molar-refractivity contribution is 7.12. The first-order valence-electron chi connectivity index (χ1n) is 5.89. The van der Waals surface area contributed by atoms with Gasteiger partial charge in [0.2, 0.25) is 0 Å². The summed E-state index contributed by atoms with van der Waals surface area (Å²) in [4.78, 5) is 5.73. The minimum absolute atomic E-state index is 0.651. The molecule has 0 atom stereocenters. The maximum atomic E-state index is 9.29. The van der Waals surface area contributed by atoms with Gasteiger partial charge in [0.25, 0.3) is 0 Å². The molecule has 4 heteroatoms. The number of thiazole rings is 1. The van der Waals surface area contributed by atoms with Crippen LogP contribution in [0, 0.1) is 18.3 Å². The molecule has 0 spiro atoms. The zero-order chi connectivity index (χ0) is 12.5. The van der Waals surface area contributed by atoms with Crippen LogP contribution in [-0.2, 0) is 0 Å². The first-order chi connectivity index (χ1) is 8.78. The summed E-state index contributed by atoms with van der Waals surface area (Å²) in [7, 11) is 0. The third kappa shape index (κ3) is 2.24. The van der Waals surface area contributed by atoms with Crippen LogP contribution in [0.5, 0.6) is 0 Å². The van der Waals surface area contributed by atoms with Crippen molar-refractivity contribution in [3.8, 4) is 6.07 Å². The monoisotopic (exact) mass is 272 g/mol. The Balaban J connectivity index is 1.94. The first kappa shape index (κ1) is 11.6. The molecule has 1 fully saturated rings. The number of aromatic nitrogens is 1. The highest BCUT2D eigenvalue weighted by Crippen LogP contribution is 2.41. The van der Waals surface area contributed by atoms with E-state index < -0.39 is 0 Å². The van der Waals surface area contributed by atoms with Gasteiger partial charge in [-0.25, -0.2) is 4.98 Å². The van der Waals surface area contributed by atoms with Crippen molar-refractivity contribution in [2.75, 3.05) is 0 Å². The Labute approximate surface area is 114 Å². The Bertz CT molecular complexity index is 639. The Morgan fingerprint density at radius 1 is 1.50 bits per heavy atom. The quantitative estimate of drug-likeness (QED) is 0.774. The van der Waals surface area contributed by atoms with E-state index in [1.807, 2.05) is 11.5 Å². The third-order valence-electron chi connectivity index (χ3n) is 3.05. The summed E-state index contributed by atoms with van der Waals surface area (Å²) in [6, 6.07) is 4.34. The maximum absolute atomic E-state index is 9.29. The molecule has 0 aromatic carbocycles. The average Bonchev–Trinajstić information content (AvgIpc) is 2.98. The van der Waals surface area contributed by atoms with Gasteiger partial charge >= 0.3 is 0 Å². The van der Waals surface area contributed by atoms with Gasteiger partial charge in [-0.2, -0.15) is 5.26 Å². The fourth-order valence-corrected chi connectivity index (χ4v) is 3.51. The van der Waals surface area contributed by atoms with E-state index in [0.717, 1.165) is 9.88 Å². The molecule has 2 aromatic heterocycles. The SMILES string of the molecule is Cc1ccsc1/C=C(\C#N)c1nc(C2CC2)cs1. The fraction of sp³-hybridized carbons (Fsp3) is 0.286. The smallest absolute Gasteiger partial charge is 0.134 e. The number of nitrogens with zero attached hydrogens (tertiary/aromatic N) is 2. The molecule has 90 valence electrons. The molecule has 1 aliphatic rings. The Hall–Kier alpha value is -1.44. The number of allylic oxidation sites excluding steroid dienone is 1. The molecule has 0 bridgehead atoms. The predicted octanol–water partition coefficient (Wildman–Crippen LogP) is 4.45. The molecule has 3 rings (SSSR count). The number of rotatable bonds is 3. The van der Waals surface area contributed by atoms with Crippen LogP contribution in [0.25, 0.3) is 11.6 Å². The van der Waals surface area contributed by atoms with Gasteiger partial charge < -0.3 is 0 Å². The molecule has 0 amide bonds. The van der Waals surface area contributed by atoms with Crippen LogP contribution in [0.4, 0.5) is 0 Å². The zero-order valence-corrected chi connectivity index (χ0v) is 11.6. The molecule has 2 heterocycles. The molecule has 1 saturated carbocycles. The lowest BCUT2D eigenvalue weighted by molar-refractivity contribution is 1.05.